The molecule has 192 valence electrons. The molecular weight excluding hydrogens is 461 g/mol. The first-order valence-electron chi connectivity index (χ1n) is 12.7. The van der Waals surface area contributed by atoms with Crippen molar-refractivity contribution in [2.75, 3.05) is 38.3 Å². The average molecular weight is 496 g/mol. The zero-order valence-corrected chi connectivity index (χ0v) is 20.8. The van der Waals surface area contributed by atoms with E-state index in [2.05, 4.69) is 34.4 Å². The molecule has 2 aliphatic rings. The largest absolute Gasteiger partial charge is 0.389 e. The number of hydrogen-bond acceptors (Lipinski definition) is 8. The minimum Gasteiger partial charge on any atom is -0.389 e. The van der Waals surface area contributed by atoms with Gasteiger partial charge in [0.1, 0.15) is 5.69 Å². The van der Waals surface area contributed by atoms with Gasteiger partial charge in [-0.3, -0.25) is 4.98 Å². The lowest BCUT2D eigenvalue weighted by Crippen LogP contribution is -2.42. The number of rotatable bonds is 8. The van der Waals surface area contributed by atoms with Crippen LogP contribution >= 0.6 is 0 Å². The molecule has 0 saturated carbocycles. The zero-order chi connectivity index (χ0) is 25.1. The quantitative estimate of drug-likeness (QED) is 0.436. The lowest BCUT2D eigenvalue weighted by atomic mass is 9.92. The Morgan fingerprint density at radius 2 is 1.94 bits per heavy atom. The molecule has 0 amide bonds. The first kappa shape index (κ1) is 25.0. The van der Waals surface area contributed by atoms with Crippen molar-refractivity contribution in [3.05, 3.63) is 47.5 Å². The molecule has 2 fully saturated rings. The van der Waals surface area contributed by atoms with Crippen LogP contribution in [0.1, 0.15) is 43.7 Å². The Hall–Kier alpha value is -2.72. The van der Waals surface area contributed by atoms with Gasteiger partial charge >= 0.3 is 0 Å². The van der Waals surface area contributed by atoms with Gasteiger partial charge in [0.2, 0.25) is 5.95 Å². The van der Waals surface area contributed by atoms with Gasteiger partial charge in [0.25, 0.3) is 0 Å². The number of halogens is 1. The molecule has 5 rings (SSSR count). The van der Waals surface area contributed by atoms with Gasteiger partial charge in [-0.1, -0.05) is 19.9 Å². The van der Waals surface area contributed by atoms with Gasteiger partial charge in [-0.15, -0.1) is 0 Å². The van der Waals surface area contributed by atoms with Crippen LogP contribution in [-0.4, -0.2) is 65.2 Å². The van der Waals surface area contributed by atoms with Crippen LogP contribution in [0.4, 0.5) is 10.3 Å². The second kappa shape index (κ2) is 11.1. The van der Waals surface area contributed by atoms with Crippen molar-refractivity contribution in [1.29, 1.82) is 0 Å². The monoisotopic (exact) mass is 495 g/mol. The molecule has 2 saturated heterocycles. The SMILES string of the molecule is CC(C)c1c(CNC[C@H]2CCOC2)cnc2ccc(-c3nc(N[C@@H]4CCOC[C@H]4O)ncc3F)cc12. The highest BCUT2D eigenvalue weighted by molar-refractivity contribution is 5.88. The Labute approximate surface area is 210 Å². The van der Waals surface area contributed by atoms with Crippen molar-refractivity contribution in [3.63, 3.8) is 0 Å². The number of hydrogen-bond donors (Lipinski definition) is 3. The fourth-order valence-electron chi connectivity index (χ4n) is 5.08. The maximum Gasteiger partial charge on any atom is 0.223 e. The van der Waals surface area contributed by atoms with Gasteiger partial charge in [0, 0.05) is 43.4 Å². The molecule has 2 aliphatic heterocycles. The number of nitrogens with zero attached hydrogens (tertiary/aromatic N) is 3. The minimum absolute atomic E-state index is 0.218. The van der Waals surface area contributed by atoms with Crippen molar-refractivity contribution >= 4 is 16.9 Å². The Balaban J connectivity index is 1.43. The van der Waals surface area contributed by atoms with Crippen LogP contribution in [0.25, 0.3) is 22.2 Å². The van der Waals surface area contributed by atoms with Crippen LogP contribution in [0.15, 0.2) is 30.6 Å². The third-order valence-corrected chi connectivity index (χ3v) is 7.00. The number of benzene rings is 1. The standard InChI is InChI=1S/C27H34FN5O3/c1-16(2)25-19(11-29-10-17-5-7-35-14-17)12-30-22-4-3-18(9-20(22)25)26-21(28)13-31-27(33-26)32-23-6-8-36-15-24(23)34/h3-4,9,12-13,16-17,23-24,29,34H,5-8,10-11,14-15H2,1-2H3,(H,31,32,33)/t17-,23-,24-/m1/s1. The number of ether oxygens (including phenoxy) is 2. The third kappa shape index (κ3) is 5.49. The molecule has 9 heteroatoms. The van der Waals surface area contributed by atoms with E-state index in [0.29, 0.717) is 24.5 Å². The average Bonchev–Trinajstić information content (AvgIpc) is 3.39. The second-order valence-corrected chi connectivity index (χ2v) is 10.0. The molecule has 3 atom stereocenters. The molecule has 2 aromatic heterocycles. The zero-order valence-electron chi connectivity index (χ0n) is 20.8. The predicted octanol–water partition coefficient (Wildman–Crippen LogP) is 3.64. The number of anilines is 1. The topological polar surface area (TPSA) is 101 Å². The van der Waals surface area contributed by atoms with Crippen LogP contribution in [0.5, 0.6) is 0 Å². The van der Waals surface area contributed by atoms with E-state index in [4.69, 9.17) is 14.5 Å². The van der Waals surface area contributed by atoms with Crippen molar-refractivity contribution in [2.24, 2.45) is 5.92 Å². The molecule has 36 heavy (non-hydrogen) atoms. The van der Waals surface area contributed by atoms with E-state index in [-0.39, 0.29) is 30.2 Å². The van der Waals surface area contributed by atoms with Crippen LogP contribution < -0.4 is 10.6 Å². The van der Waals surface area contributed by atoms with Crippen LogP contribution in [0, 0.1) is 11.7 Å². The summed E-state index contributed by atoms with van der Waals surface area (Å²) < 4.78 is 25.7. The Bertz CT molecular complexity index is 1200. The fraction of sp³-hybridized carbons (Fsp3) is 0.519. The van der Waals surface area contributed by atoms with Crippen molar-refractivity contribution in [2.45, 2.75) is 51.3 Å². The van der Waals surface area contributed by atoms with E-state index in [1.54, 1.807) is 0 Å². The Kier molecular flexibility index (Phi) is 7.71. The summed E-state index contributed by atoms with van der Waals surface area (Å²) in [7, 11) is 0. The van der Waals surface area contributed by atoms with Crippen molar-refractivity contribution in [1.82, 2.24) is 20.3 Å². The number of fused-ring (bicyclic) bond motifs is 1. The van der Waals surface area contributed by atoms with E-state index < -0.39 is 11.9 Å². The van der Waals surface area contributed by atoms with Gasteiger partial charge in [-0.25, -0.2) is 14.4 Å². The molecule has 3 N–H and O–H groups in total. The summed E-state index contributed by atoms with van der Waals surface area (Å²) in [5, 5.41) is 17.9. The normalized spacial score (nSPS) is 22.4. The summed E-state index contributed by atoms with van der Waals surface area (Å²) in [6.45, 7) is 8.44. The summed E-state index contributed by atoms with van der Waals surface area (Å²) in [5.74, 6) is 0.606. The number of nitrogens with one attached hydrogen (secondary N) is 2. The van der Waals surface area contributed by atoms with Gasteiger partial charge in [0.05, 0.1) is 37.1 Å². The lowest BCUT2D eigenvalue weighted by Gasteiger charge is -2.28. The third-order valence-electron chi connectivity index (χ3n) is 7.00. The highest BCUT2D eigenvalue weighted by atomic mass is 19.1. The summed E-state index contributed by atoms with van der Waals surface area (Å²) in [4.78, 5) is 13.3. The van der Waals surface area contributed by atoms with E-state index >= 15 is 0 Å². The number of aliphatic hydroxyl groups excluding tert-OH is 1. The highest BCUT2D eigenvalue weighted by Gasteiger charge is 2.25. The first-order chi connectivity index (χ1) is 17.5. The maximum absolute atomic E-state index is 14.9. The predicted molar refractivity (Wildman–Crippen MR) is 136 cm³/mol. The molecule has 0 bridgehead atoms. The summed E-state index contributed by atoms with van der Waals surface area (Å²) in [6.07, 6.45) is 4.18. The van der Waals surface area contributed by atoms with E-state index in [1.807, 2.05) is 24.4 Å². The molecule has 8 nitrogen and oxygen atoms in total. The smallest absolute Gasteiger partial charge is 0.223 e. The summed E-state index contributed by atoms with van der Waals surface area (Å²) in [6, 6.07) is 5.50. The van der Waals surface area contributed by atoms with E-state index in [1.165, 1.54) is 11.8 Å². The van der Waals surface area contributed by atoms with Gasteiger partial charge < -0.3 is 25.2 Å². The van der Waals surface area contributed by atoms with Crippen molar-refractivity contribution in [3.8, 4) is 11.3 Å². The summed E-state index contributed by atoms with van der Waals surface area (Å²) >= 11 is 0. The molecule has 1 aromatic carbocycles. The van der Waals surface area contributed by atoms with E-state index in [9.17, 15) is 9.50 Å². The van der Waals surface area contributed by atoms with Crippen LogP contribution in [-0.2, 0) is 16.0 Å². The number of aromatic nitrogens is 3. The fourth-order valence-corrected chi connectivity index (χ4v) is 5.08. The van der Waals surface area contributed by atoms with Gasteiger partial charge in [-0.2, -0.15) is 0 Å². The Morgan fingerprint density at radius 1 is 1.11 bits per heavy atom. The van der Waals surface area contributed by atoms with Gasteiger partial charge in [0.15, 0.2) is 5.82 Å². The van der Waals surface area contributed by atoms with Crippen molar-refractivity contribution < 1.29 is 19.0 Å². The molecule has 0 spiro atoms. The van der Waals surface area contributed by atoms with Crippen LogP contribution in [0.3, 0.4) is 0 Å². The first-order valence-corrected chi connectivity index (χ1v) is 12.7. The summed E-state index contributed by atoms with van der Waals surface area (Å²) in [5.41, 5.74) is 4.10. The molecular formula is C27H34FN5O3. The minimum atomic E-state index is -0.663. The van der Waals surface area contributed by atoms with Gasteiger partial charge in [-0.05, 0) is 47.9 Å². The second-order valence-electron chi connectivity index (χ2n) is 10.0. The molecule has 3 aromatic rings. The lowest BCUT2D eigenvalue weighted by molar-refractivity contribution is -0.0136. The molecule has 0 radical (unpaired) electrons. The Morgan fingerprint density at radius 3 is 2.72 bits per heavy atom. The maximum atomic E-state index is 14.9. The number of pyridine rings is 1. The highest BCUT2D eigenvalue weighted by Crippen LogP contribution is 2.32. The number of aliphatic hydroxyl groups is 1. The molecule has 0 unspecified atom stereocenters. The molecule has 4 heterocycles. The van der Waals surface area contributed by atoms with E-state index in [0.717, 1.165) is 49.2 Å². The molecule has 0 aliphatic carbocycles. The van der Waals surface area contributed by atoms with Crippen LogP contribution in [0.2, 0.25) is 0 Å².